The van der Waals surface area contributed by atoms with Gasteiger partial charge in [0.15, 0.2) is 18.9 Å². The van der Waals surface area contributed by atoms with E-state index in [-0.39, 0.29) is 18.9 Å². The summed E-state index contributed by atoms with van der Waals surface area (Å²) in [6.45, 7) is 1.60. The number of nitrogens with one attached hydrogen (secondary N) is 1. The molecule has 17 atom stereocenters. The molecule has 3 fully saturated rings. The number of unbranched alkanes of at least 4 members (excludes halogenated alkanes) is 21. The first-order valence-corrected chi connectivity index (χ1v) is 28.7. The van der Waals surface area contributed by atoms with Crippen LogP contribution in [-0.4, -0.2) is 193 Å². The number of aliphatic hydroxyl groups excluding tert-OH is 11. The van der Waals surface area contributed by atoms with Gasteiger partial charge in [-0.25, -0.2) is 0 Å². The SMILES string of the molecule is CCCCCCCCCCCCCCCC/C=C/CC/C=C/CC/C=C/C(O)C(COC1OC(CO)C(OC2OC(CO)C(OC3OC(CO)C(O)C(O)C3O)C(O)C2O)C(O)C1O)NC(=O)CCCCCCCC. The largest absolute Gasteiger partial charge is 0.394 e. The average Bonchev–Trinajstić information content (AvgIpc) is 3.41. The van der Waals surface area contributed by atoms with Crippen molar-refractivity contribution in [3.63, 3.8) is 0 Å². The number of rotatable bonds is 41. The van der Waals surface area contributed by atoms with E-state index >= 15 is 0 Å². The molecule has 0 saturated carbocycles. The molecule has 3 heterocycles. The predicted molar refractivity (Wildman–Crippen MR) is 282 cm³/mol. The Morgan fingerprint density at radius 3 is 1.33 bits per heavy atom. The van der Waals surface area contributed by atoms with Crippen molar-refractivity contribution in [2.75, 3.05) is 26.4 Å². The van der Waals surface area contributed by atoms with Gasteiger partial charge in [0, 0.05) is 6.42 Å². The monoisotopic (exact) mass is 1080 g/mol. The van der Waals surface area contributed by atoms with Gasteiger partial charge in [-0.3, -0.25) is 4.79 Å². The molecule has 1 amide bonds. The Kier molecular flexibility index (Phi) is 36.1. The van der Waals surface area contributed by atoms with Gasteiger partial charge in [-0.2, -0.15) is 0 Å². The first-order valence-electron chi connectivity index (χ1n) is 28.7. The summed E-state index contributed by atoms with van der Waals surface area (Å²) < 4.78 is 34.1. The summed E-state index contributed by atoms with van der Waals surface area (Å²) in [5.74, 6) is -0.301. The molecule has 0 aromatic rings. The highest BCUT2D eigenvalue weighted by Gasteiger charge is 2.53. The molecule has 3 aliphatic rings. The number of carbonyl (C=O) groups excluding carboxylic acids is 1. The van der Waals surface area contributed by atoms with Crippen molar-refractivity contribution in [2.45, 2.75) is 285 Å². The van der Waals surface area contributed by atoms with E-state index in [9.17, 15) is 61.0 Å². The van der Waals surface area contributed by atoms with Crippen LogP contribution in [0.1, 0.15) is 181 Å². The van der Waals surface area contributed by atoms with Gasteiger partial charge in [-0.1, -0.05) is 166 Å². The predicted octanol–water partition coefficient (Wildman–Crippen LogP) is 4.15. The summed E-state index contributed by atoms with van der Waals surface area (Å²) in [5.41, 5.74) is 0. The molecule has 17 unspecified atom stereocenters. The zero-order valence-corrected chi connectivity index (χ0v) is 45.3. The lowest BCUT2D eigenvalue weighted by atomic mass is 9.96. The van der Waals surface area contributed by atoms with Gasteiger partial charge in [-0.15, -0.1) is 0 Å². The first-order chi connectivity index (χ1) is 36.3. The average molecular weight is 1080 g/mol. The lowest BCUT2D eigenvalue weighted by Gasteiger charge is -2.48. The molecule has 0 spiro atoms. The van der Waals surface area contributed by atoms with Crippen molar-refractivity contribution in [1.82, 2.24) is 5.32 Å². The molecule has 19 heteroatoms. The fourth-order valence-electron chi connectivity index (χ4n) is 9.63. The van der Waals surface area contributed by atoms with Crippen molar-refractivity contribution in [3.05, 3.63) is 36.5 Å². The summed E-state index contributed by atoms with van der Waals surface area (Å²) in [6.07, 6.45) is 14.9. The van der Waals surface area contributed by atoms with Crippen molar-refractivity contribution < 1.29 is 89.4 Å². The zero-order chi connectivity index (χ0) is 54.8. The molecule has 3 saturated heterocycles. The van der Waals surface area contributed by atoms with Crippen LogP contribution in [0.4, 0.5) is 0 Å². The lowest BCUT2D eigenvalue weighted by molar-refractivity contribution is -0.379. The maximum Gasteiger partial charge on any atom is 0.220 e. The standard InChI is InChI=1S/C56H101NO18/c1-3-5-7-9-11-12-13-14-15-16-17-18-19-20-21-22-23-24-25-26-27-28-29-31-33-40(61)39(57-44(62)34-32-30-10-8-6-4-2)38-70-54-50(68)47(65)52(42(36-59)72-54)75-56-51(69)48(66)53(43(37-60)73-56)74-55-49(67)46(64)45(63)41(35-58)71-55/h22-23,26-27,31,33,39-43,45-56,58-61,63-69H,3-21,24-25,28-30,32,34-38H2,1-2H3,(H,57,62)/b23-22+,27-26+,33-31+. The third kappa shape index (κ3) is 24.9. The molecule has 3 aliphatic heterocycles. The Morgan fingerprint density at radius 2 is 0.853 bits per heavy atom. The molecule has 19 nitrogen and oxygen atoms in total. The van der Waals surface area contributed by atoms with Gasteiger partial charge < -0.3 is 89.9 Å². The molecule has 0 aliphatic carbocycles. The maximum atomic E-state index is 13.1. The van der Waals surface area contributed by atoms with Crippen LogP contribution < -0.4 is 5.32 Å². The summed E-state index contributed by atoms with van der Waals surface area (Å²) in [4.78, 5) is 13.1. The maximum absolute atomic E-state index is 13.1. The van der Waals surface area contributed by atoms with Gasteiger partial charge in [0.05, 0.1) is 38.6 Å². The van der Waals surface area contributed by atoms with E-state index in [0.29, 0.717) is 12.8 Å². The number of carbonyl (C=O) groups is 1. The number of aliphatic hydroxyl groups is 11. The summed E-state index contributed by atoms with van der Waals surface area (Å²) in [5, 5.41) is 120. The Bertz CT molecular complexity index is 1520. The van der Waals surface area contributed by atoms with E-state index in [1.54, 1.807) is 6.08 Å². The number of ether oxygens (including phenoxy) is 6. The minimum absolute atomic E-state index is 0.229. The van der Waals surface area contributed by atoms with Crippen molar-refractivity contribution in [3.8, 4) is 0 Å². The van der Waals surface area contributed by atoms with E-state index in [1.807, 2.05) is 6.08 Å². The minimum atomic E-state index is -1.98. The quantitative estimate of drug-likeness (QED) is 0.0302. The highest BCUT2D eigenvalue weighted by molar-refractivity contribution is 5.76. The van der Waals surface area contributed by atoms with Crippen LogP contribution >= 0.6 is 0 Å². The Labute approximate surface area is 447 Å². The van der Waals surface area contributed by atoms with Gasteiger partial charge in [0.25, 0.3) is 0 Å². The molecule has 0 bridgehead atoms. The number of allylic oxidation sites excluding steroid dienone is 5. The van der Waals surface area contributed by atoms with Crippen LogP contribution in [0.2, 0.25) is 0 Å². The first kappa shape index (κ1) is 67.3. The Hall–Kier alpha value is -1.99. The van der Waals surface area contributed by atoms with Crippen LogP contribution in [0.15, 0.2) is 36.5 Å². The third-order valence-corrected chi connectivity index (χ3v) is 14.4. The second kappa shape index (κ2) is 40.2. The zero-order valence-electron chi connectivity index (χ0n) is 45.3. The smallest absolute Gasteiger partial charge is 0.220 e. The number of amides is 1. The molecular formula is C56H101NO18. The van der Waals surface area contributed by atoms with Gasteiger partial charge >= 0.3 is 0 Å². The Morgan fingerprint density at radius 1 is 0.467 bits per heavy atom. The van der Waals surface area contributed by atoms with E-state index in [4.69, 9.17) is 28.4 Å². The van der Waals surface area contributed by atoms with Crippen molar-refractivity contribution >= 4 is 5.91 Å². The van der Waals surface area contributed by atoms with E-state index in [1.165, 1.54) is 89.9 Å². The minimum Gasteiger partial charge on any atom is -0.394 e. The molecule has 3 rings (SSSR count). The highest BCUT2D eigenvalue weighted by Crippen LogP contribution is 2.33. The normalized spacial score (nSPS) is 31.5. The second-order valence-electron chi connectivity index (χ2n) is 20.7. The van der Waals surface area contributed by atoms with Crippen LogP contribution in [-0.2, 0) is 33.2 Å². The molecule has 0 radical (unpaired) electrons. The molecule has 0 aromatic carbocycles. The summed E-state index contributed by atoms with van der Waals surface area (Å²) in [6, 6.07) is -0.990. The van der Waals surface area contributed by atoms with Crippen LogP contribution in [0.25, 0.3) is 0 Å². The molecule has 438 valence electrons. The van der Waals surface area contributed by atoms with E-state index in [2.05, 4.69) is 43.5 Å². The molecular weight excluding hydrogens is 975 g/mol. The van der Waals surface area contributed by atoms with Gasteiger partial charge in [-0.05, 0) is 44.9 Å². The third-order valence-electron chi connectivity index (χ3n) is 14.4. The topological polar surface area (TPSA) is 307 Å². The lowest BCUT2D eigenvalue weighted by Crippen LogP contribution is -2.66. The van der Waals surface area contributed by atoms with Gasteiger partial charge in [0.1, 0.15) is 73.2 Å². The molecule has 12 N–H and O–H groups in total. The van der Waals surface area contributed by atoms with Crippen molar-refractivity contribution in [1.29, 1.82) is 0 Å². The van der Waals surface area contributed by atoms with Gasteiger partial charge in [0.2, 0.25) is 5.91 Å². The highest BCUT2D eigenvalue weighted by atomic mass is 16.8. The van der Waals surface area contributed by atoms with Crippen molar-refractivity contribution in [2.24, 2.45) is 0 Å². The fourth-order valence-corrected chi connectivity index (χ4v) is 9.63. The number of hydrogen-bond acceptors (Lipinski definition) is 18. The second-order valence-corrected chi connectivity index (χ2v) is 20.7. The van der Waals surface area contributed by atoms with Crippen LogP contribution in [0.3, 0.4) is 0 Å². The van der Waals surface area contributed by atoms with E-state index < -0.39 is 124 Å². The number of hydrogen-bond donors (Lipinski definition) is 12. The molecule has 75 heavy (non-hydrogen) atoms. The summed E-state index contributed by atoms with van der Waals surface area (Å²) >= 11 is 0. The van der Waals surface area contributed by atoms with Crippen LogP contribution in [0, 0.1) is 0 Å². The summed E-state index contributed by atoms with van der Waals surface area (Å²) in [7, 11) is 0. The molecule has 0 aromatic heterocycles. The Balaban J connectivity index is 1.46. The van der Waals surface area contributed by atoms with Crippen LogP contribution in [0.5, 0.6) is 0 Å². The van der Waals surface area contributed by atoms with E-state index in [0.717, 1.165) is 57.8 Å². The fraction of sp³-hybridized carbons (Fsp3) is 0.875.